The Kier molecular flexibility index (Phi) is 10.3. The number of carbonyl (C=O) groups excluding carboxylic acids is 3. The van der Waals surface area contributed by atoms with Crippen LogP contribution >= 0.6 is 0 Å². The number of halogens is 1. The van der Waals surface area contributed by atoms with Crippen LogP contribution in [0, 0.1) is 17.7 Å². The number of nitrogens with one attached hydrogen (secondary N) is 3. The Morgan fingerprint density at radius 2 is 1.47 bits per heavy atom. The van der Waals surface area contributed by atoms with Crippen LogP contribution in [0.5, 0.6) is 0 Å². The van der Waals surface area contributed by atoms with Gasteiger partial charge in [-0.2, -0.15) is 0 Å². The van der Waals surface area contributed by atoms with Crippen LogP contribution in [0.1, 0.15) is 34.0 Å². The van der Waals surface area contributed by atoms with E-state index in [2.05, 4.69) is 27.8 Å². The number of anilines is 1. The molecule has 2 amide bonds. The van der Waals surface area contributed by atoms with Crippen LogP contribution in [0.25, 0.3) is 0 Å². The average molecular weight is 518 g/mol. The van der Waals surface area contributed by atoms with Gasteiger partial charge in [-0.05, 0) is 73.2 Å². The molecule has 8 nitrogen and oxygen atoms in total. The van der Waals surface area contributed by atoms with Crippen LogP contribution in [0.2, 0.25) is 0 Å². The van der Waals surface area contributed by atoms with Crippen molar-refractivity contribution in [2.24, 2.45) is 0 Å². The van der Waals surface area contributed by atoms with Crippen LogP contribution in [0.3, 0.4) is 0 Å². The minimum Gasteiger partial charge on any atom is -0.391 e. The second kappa shape index (κ2) is 13.8. The number of aliphatic hydroxyl groups excluding tert-OH is 2. The molecule has 3 aromatic carbocycles. The van der Waals surface area contributed by atoms with Gasteiger partial charge in [-0.25, -0.2) is 4.39 Å². The summed E-state index contributed by atoms with van der Waals surface area (Å²) in [5.41, 5.74) is 3.15. The van der Waals surface area contributed by atoms with Crippen molar-refractivity contribution in [2.45, 2.75) is 25.6 Å². The van der Waals surface area contributed by atoms with Gasteiger partial charge in [-0.15, -0.1) is 0 Å². The first kappa shape index (κ1) is 28.2. The molecule has 0 spiro atoms. The Morgan fingerprint density at radius 3 is 2.03 bits per heavy atom. The fourth-order valence-electron chi connectivity index (χ4n) is 3.41. The lowest BCUT2D eigenvalue weighted by molar-refractivity contribution is -0.125. The summed E-state index contributed by atoms with van der Waals surface area (Å²) in [6, 6.07) is 18.3. The summed E-state index contributed by atoms with van der Waals surface area (Å²) in [6.07, 6.45) is -1.15. The molecule has 0 aliphatic rings. The summed E-state index contributed by atoms with van der Waals surface area (Å²) in [5.74, 6) is 4.25. The smallest absolute Gasteiger partial charge is 0.251 e. The summed E-state index contributed by atoms with van der Waals surface area (Å²) in [4.78, 5) is 36.2. The number of benzene rings is 3. The molecule has 9 heteroatoms. The zero-order valence-electron chi connectivity index (χ0n) is 20.7. The van der Waals surface area contributed by atoms with Crippen LogP contribution in [0.15, 0.2) is 72.8 Å². The Hall–Kier alpha value is -4.36. The predicted molar refractivity (Wildman–Crippen MR) is 141 cm³/mol. The number of ketones is 1. The van der Waals surface area contributed by atoms with Gasteiger partial charge in [0.05, 0.1) is 12.6 Å². The lowest BCUT2D eigenvalue weighted by Crippen LogP contribution is -2.48. The summed E-state index contributed by atoms with van der Waals surface area (Å²) in [6.45, 7) is 1.12. The first-order chi connectivity index (χ1) is 18.2. The molecular weight excluding hydrogens is 489 g/mol. The number of carbonyl (C=O) groups is 3. The van der Waals surface area contributed by atoms with E-state index in [0.717, 1.165) is 11.1 Å². The number of hydrogen-bond acceptors (Lipinski definition) is 6. The molecule has 0 saturated heterocycles. The fraction of sp³-hybridized carbons (Fsp3) is 0.207. The van der Waals surface area contributed by atoms with E-state index in [4.69, 9.17) is 5.11 Å². The predicted octanol–water partition coefficient (Wildman–Crippen LogP) is 1.99. The topological polar surface area (TPSA) is 128 Å². The van der Waals surface area contributed by atoms with Gasteiger partial charge in [0, 0.05) is 28.9 Å². The van der Waals surface area contributed by atoms with Crippen molar-refractivity contribution < 1.29 is 29.0 Å². The number of aliphatic hydroxyl groups is 2. The third kappa shape index (κ3) is 8.64. The van der Waals surface area contributed by atoms with Gasteiger partial charge in [-0.1, -0.05) is 24.0 Å². The first-order valence-electron chi connectivity index (χ1n) is 11.8. The summed E-state index contributed by atoms with van der Waals surface area (Å²) in [7, 11) is 0. The van der Waals surface area contributed by atoms with Crippen LogP contribution in [0.4, 0.5) is 10.1 Å². The molecule has 5 N–H and O–H groups in total. The average Bonchev–Trinajstić information content (AvgIpc) is 2.92. The molecule has 38 heavy (non-hydrogen) atoms. The molecule has 0 aromatic heterocycles. The van der Waals surface area contributed by atoms with Crippen molar-refractivity contribution in [1.29, 1.82) is 0 Å². The number of rotatable bonds is 10. The molecule has 2 atom stereocenters. The highest BCUT2D eigenvalue weighted by Crippen LogP contribution is 2.10. The second-order valence-electron chi connectivity index (χ2n) is 8.50. The van der Waals surface area contributed by atoms with Crippen LogP contribution in [-0.4, -0.2) is 53.1 Å². The fourth-order valence-corrected chi connectivity index (χ4v) is 3.41. The number of Topliss-reactive ketones (excluding diaryl/α,β-unsaturated/α-hetero) is 1. The van der Waals surface area contributed by atoms with E-state index in [0.29, 0.717) is 17.8 Å². The second-order valence-corrected chi connectivity index (χ2v) is 8.50. The van der Waals surface area contributed by atoms with E-state index < -0.39 is 30.4 Å². The SMILES string of the molecule is C[C@@H](O)[C@H](NC(=O)c1ccc(C#Cc2ccc(NC(=O)CNCc3ccc(F)cc3)cc2)cc1)C(=O)CO. The molecular formula is C29H28FN3O5. The zero-order chi connectivity index (χ0) is 27.5. The van der Waals surface area contributed by atoms with E-state index in [1.165, 1.54) is 19.1 Å². The molecule has 0 fully saturated rings. The third-order valence-electron chi connectivity index (χ3n) is 5.47. The van der Waals surface area contributed by atoms with E-state index in [9.17, 15) is 23.9 Å². The molecule has 0 aliphatic heterocycles. The lowest BCUT2D eigenvalue weighted by Gasteiger charge is -2.19. The molecule has 0 heterocycles. The summed E-state index contributed by atoms with van der Waals surface area (Å²) >= 11 is 0. The van der Waals surface area contributed by atoms with Crippen molar-refractivity contribution >= 4 is 23.3 Å². The van der Waals surface area contributed by atoms with Gasteiger partial charge < -0.3 is 26.2 Å². The molecule has 0 bridgehead atoms. The van der Waals surface area contributed by atoms with E-state index in [1.54, 1.807) is 60.7 Å². The normalized spacial score (nSPS) is 12.0. The molecule has 0 aliphatic carbocycles. The van der Waals surface area contributed by atoms with Crippen molar-refractivity contribution in [3.05, 3.63) is 101 Å². The van der Waals surface area contributed by atoms with Crippen molar-refractivity contribution in [3.8, 4) is 11.8 Å². The van der Waals surface area contributed by atoms with E-state index >= 15 is 0 Å². The van der Waals surface area contributed by atoms with Gasteiger partial charge in [0.15, 0.2) is 5.78 Å². The largest absolute Gasteiger partial charge is 0.391 e. The molecule has 196 valence electrons. The third-order valence-corrected chi connectivity index (χ3v) is 5.47. The van der Waals surface area contributed by atoms with Crippen molar-refractivity contribution in [3.63, 3.8) is 0 Å². The monoisotopic (exact) mass is 517 g/mol. The van der Waals surface area contributed by atoms with Gasteiger partial charge in [0.1, 0.15) is 18.5 Å². The number of amides is 2. The zero-order valence-corrected chi connectivity index (χ0v) is 20.7. The van der Waals surface area contributed by atoms with Gasteiger partial charge in [-0.3, -0.25) is 14.4 Å². The quantitative estimate of drug-likeness (QED) is 0.262. The Morgan fingerprint density at radius 1 is 0.895 bits per heavy atom. The molecule has 0 radical (unpaired) electrons. The highest BCUT2D eigenvalue weighted by Gasteiger charge is 2.25. The highest BCUT2D eigenvalue weighted by molar-refractivity contribution is 5.98. The maximum atomic E-state index is 12.9. The van der Waals surface area contributed by atoms with Gasteiger partial charge >= 0.3 is 0 Å². The maximum absolute atomic E-state index is 12.9. The number of hydrogen-bond donors (Lipinski definition) is 5. The minimum absolute atomic E-state index is 0.102. The van der Waals surface area contributed by atoms with Crippen LogP contribution in [-0.2, 0) is 16.1 Å². The minimum atomic E-state index is -1.20. The molecule has 0 saturated carbocycles. The maximum Gasteiger partial charge on any atom is 0.251 e. The summed E-state index contributed by atoms with van der Waals surface area (Å²) in [5, 5.41) is 26.9. The van der Waals surface area contributed by atoms with E-state index in [-0.39, 0.29) is 23.8 Å². The standard InChI is InChI=1S/C29H28FN3O5/c1-19(35)28(26(36)18-34)33-29(38)23-10-4-20(5-11-23)2-3-21-8-14-25(15-9-21)32-27(37)17-31-16-22-6-12-24(30)13-7-22/h4-15,19,28,31,34-35H,16-18H2,1H3,(H,32,37)(H,33,38)/t19-,28+/m1/s1. The van der Waals surface area contributed by atoms with Crippen molar-refractivity contribution in [2.75, 3.05) is 18.5 Å². The van der Waals surface area contributed by atoms with Crippen LogP contribution < -0.4 is 16.0 Å². The van der Waals surface area contributed by atoms with Gasteiger partial charge in [0.25, 0.3) is 5.91 Å². The van der Waals surface area contributed by atoms with Gasteiger partial charge in [0.2, 0.25) is 5.91 Å². The molecule has 3 aromatic rings. The lowest BCUT2D eigenvalue weighted by atomic mass is 10.1. The Balaban J connectivity index is 1.50. The molecule has 0 unspecified atom stereocenters. The van der Waals surface area contributed by atoms with E-state index in [1.807, 2.05) is 0 Å². The Labute approximate surface area is 219 Å². The van der Waals surface area contributed by atoms with Crippen molar-refractivity contribution in [1.82, 2.24) is 10.6 Å². The highest BCUT2D eigenvalue weighted by atomic mass is 19.1. The molecule has 3 rings (SSSR count). The summed E-state index contributed by atoms with van der Waals surface area (Å²) < 4.78 is 12.9. The Bertz CT molecular complexity index is 1310. The first-order valence-corrected chi connectivity index (χ1v) is 11.8.